The minimum atomic E-state index is -0.729. The van der Waals surface area contributed by atoms with Crippen molar-refractivity contribution in [2.24, 2.45) is 0 Å². The summed E-state index contributed by atoms with van der Waals surface area (Å²) in [5, 5.41) is 9.17. The monoisotopic (exact) mass is 270 g/mol. The van der Waals surface area contributed by atoms with Crippen molar-refractivity contribution in [2.45, 2.75) is 6.61 Å². The van der Waals surface area contributed by atoms with Crippen molar-refractivity contribution in [3.63, 3.8) is 0 Å². The van der Waals surface area contributed by atoms with Crippen molar-refractivity contribution in [2.75, 3.05) is 0 Å². The zero-order valence-corrected chi connectivity index (χ0v) is 9.92. The quantitative estimate of drug-likeness (QED) is 0.916. The summed E-state index contributed by atoms with van der Waals surface area (Å²) in [6.07, 6.45) is 0. The summed E-state index contributed by atoms with van der Waals surface area (Å²) in [5.74, 6) is -1.17. The minimum Gasteiger partial charge on any atom is -0.456 e. The molecule has 0 aromatic heterocycles. The van der Waals surface area contributed by atoms with Crippen molar-refractivity contribution < 1.29 is 18.6 Å². The topological polar surface area (TPSA) is 29.5 Å². The Balaban J connectivity index is 2.28. The molecule has 0 aliphatic carbocycles. The Bertz CT molecular complexity index is 553. The predicted octanol–water partition coefficient (Wildman–Crippen LogP) is 3.90. The van der Waals surface area contributed by atoms with Crippen LogP contribution in [-0.2, 0) is 6.61 Å². The molecule has 0 aliphatic rings. The maximum atomic E-state index is 13.0. The van der Waals surface area contributed by atoms with Crippen LogP contribution in [0.25, 0.3) is 0 Å². The first-order chi connectivity index (χ1) is 8.58. The second kappa shape index (κ2) is 5.33. The molecule has 0 aliphatic heterocycles. The molecule has 0 amide bonds. The van der Waals surface area contributed by atoms with Gasteiger partial charge in [-0.2, -0.15) is 0 Å². The van der Waals surface area contributed by atoms with Crippen molar-refractivity contribution in [1.29, 1.82) is 0 Å². The molecule has 1 N–H and O–H groups in total. The van der Waals surface area contributed by atoms with Crippen LogP contribution in [0.15, 0.2) is 36.4 Å². The fraction of sp³-hybridized carbons (Fsp3) is 0.0769. The first-order valence-electron chi connectivity index (χ1n) is 5.12. The number of aliphatic hydroxyl groups is 1. The highest BCUT2D eigenvalue weighted by molar-refractivity contribution is 6.32. The van der Waals surface area contributed by atoms with Crippen LogP contribution in [0, 0.1) is 11.6 Å². The molecular formula is C13H9ClF2O2. The molecule has 94 valence electrons. The molecule has 5 heteroatoms. The summed E-state index contributed by atoms with van der Waals surface area (Å²) in [6.45, 7) is -0.144. The van der Waals surface area contributed by atoms with Gasteiger partial charge in [0.05, 0.1) is 11.6 Å². The van der Waals surface area contributed by atoms with Gasteiger partial charge >= 0.3 is 0 Å². The first kappa shape index (κ1) is 12.8. The largest absolute Gasteiger partial charge is 0.456 e. The number of ether oxygens (including phenoxy) is 1. The highest BCUT2D eigenvalue weighted by Crippen LogP contribution is 2.30. The lowest BCUT2D eigenvalue weighted by atomic mass is 10.2. The molecule has 2 rings (SSSR count). The van der Waals surface area contributed by atoms with Crippen molar-refractivity contribution >= 4 is 11.6 Å². The van der Waals surface area contributed by atoms with Gasteiger partial charge in [-0.05, 0) is 17.7 Å². The van der Waals surface area contributed by atoms with Gasteiger partial charge in [0, 0.05) is 18.2 Å². The van der Waals surface area contributed by atoms with E-state index >= 15 is 0 Å². The number of rotatable bonds is 3. The third kappa shape index (κ3) is 2.97. The lowest BCUT2D eigenvalue weighted by Crippen LogP contribution is -1.90. The third-order valence-corrected chi connectivity index (χ3v) is 2.54. The van der Waals surface area contributed by atoms with E-state index in [4.69, 9.17) is 21.4 Å². The maximum Gasteiger partial charge on any atom is 0.146 e. The molecular weight excluding hydrogens is 262 g/mol. The Morgan fingerprint density at radius 1 is 1.06 bits per heavy atom. The average Bonchev–Trinajstić information content (AvgIpc) is 2.30. The zero-order chi connectivity index (χ0) is 13.1. The first-order valence-corrected chi connectivity index (χ1v) is 5.49. The molecule has 0 unspecified atom stereocenters. The van der Waals surface area contributed by atoms with Gasteiger partial charge in [-0.3, -0.25) is 0 Å². The van der Waals surface area contributed by atoms with Gasteiger partial charge in [-0.25, -0.2) is 8.78 Å². The molecule has 0 spiro atoms. The Hall–Kier alpha value is -1.65. The number of halogens is 3. The van der Waals surface area contributed by atoms with Gasteiger partial charge in [0.15, 0.2) is 0 Å². The smallest absolute Gasteiger partial charge is 0.146 e. The van der Waals surface area contributed by atoms with Crippen LogP contribution in [-0.4, -0.2) is 5.11 Å². The van der Waals surface area contributed by atoms with E-state index in [2.05, 4.69) is 0 Å². The Labute approximate surface area is 107 Å². The molecule has 0 fully saturated rings. The summed E-state index contributed by atoms with van der Waals surface area (Å²) in [7, 11) is 0. The fourth-order valence-electron chi connectivity index (χ4n) is 1.44. The van der Waals surface area contributed by atoms with E-state index in [1.807, 2.05) is 0 Å². The Kier molecular flexibility index (Phi) is 3.79. The van der Waals surface area contributed by atoms with Gasteiger partial charge in [0.1, 0.15) is 23.1 Å². The van der Waals surface area contributed by atoms with Crippen molar-refractivity contribution in [3.8, 4) is 11.5 Å². The highest BCUT2D eigenvalue weighted by Gasteiger charge is 2.07. The second-order valence-corrected chi connectivity index (χ2v) is 4.04. The van der Waals surface area contributed by atoms with Gasteiger partial charge in [0.2, 0.25) is 0 Å². The van der Waals surface area contributed by atoms with Crippen LogP contribution in [0.2, 0.25) is 5.02 Å². The van der Waals surface area contributed by atoms with E-state index < -0.39 is 11.6 Å². The van der Waals surface area contributed by atoms with Crippen LogP contribution >= 0.6 is 11.6 Å². The Morgan fingerprint density at radius 3 is 2.28 bits per heavy atom. The third-order valence-electron chi connectivity index (χ3n) is 2.24. The van der Waals surface area contributed by atoms with Gasteiger partial charge in [-0.15, -0.1) is 0 Å². The standard InChI is InChI=1S/C13H9ClF2O2/c14-12-3-8(7-17)1-2-13(12)18-11-5-9(15)4-10(16)6-11/h1-6,17H,7H2. The number of benzene rings is 2. The van der Waals surface area contributed by atoms with E-state index in [1.54, 1.807) is 6.07 Å². The number of hydrogen-bond donors (Lipinski definition) is 1. The van der Waals surface area contributed by atoms with Gasteiger partial charge < -0.3 is 9.84 Å². The lowest BCUT2D eigenvalue weighted by molar-refractivity contribution is 0.281. The molecule has 0 saturated heterocycles. The van der Waals surface area contributed by atoms with E-state index in [0.717, 1.165) is 18.2 Å². The van der Waals surface area contributed by atoms with E-state index in [0.29, 0.717) is 5.56 Å². The molecule has 0 atom stereocenters. The minimum absolute atomic E-state index is 0.0196. The van der Waals surface area contributed by atoms with Crippen LogP contribution in [0.5, 0.6) is 11.5 Å². The van der Waals surface area contributed by atoms with E-state index in [1.165, 1.54) is 12.1 Å². The van der Waals surface area contributed by atoms with Crippen LogP contribution in [0.3, 0.4) is 0 Å². The Morgan fingerprint density at radius 2 is 1.72 bits per heavy atom. The second-order valence-electron chi connectivity index (χ2n) is 3.63. The molecule has 0 bridgehead atoms. The molecule has 18 heavy (non-hydrogen) atoms. The molecule has 2 aromatic carbocycles. The molecule has 0 heterocycles. The molecule has 2 aromatic rings. The SMILES string of the molecule is OCc1ccc(Oc2cc(F)cc(F)c2)c(Cl)c1. The predicted molar refractivity (Wildman–Crippen MR) is 63.8 cm³/mol. The summed E-state index contributed by atoms with van der Waals surface area (Å²) < 4.78 is 31.2. The normalized spacial score (nSPS) is 10.4. The van der Waals surface area contributed by atoms with Gasteiger partial charge in [-0.1, -0.05) is 17.7 Å². The molecule has 0 saturated carbocycles. The fourth-order valence-corrected chi connectivity index (χ4v) is 1.68. The zero-order valence-electron chi connectivity index (χ0n) is 9.16. The highest BCUT2D eigenvalue weighted by atomic mass is 35.5. The maximum absolute atomic E-state index is 13.0. The number of aliphatic hydroxyl groups excluding tert-OH is 1. The number of hydrogen-bond acceptors (Lipinski definition) is 2. The van der Waals surface area contributed by atoms with Crippen molar-refractivity contribution in [1.82, 2.24) is 0 Å². The summed E-state index contributed by atoms with van der Waals surface area (Å²) in [5.41, 5.74) is 0.623. The van der Waals surface area contributed by atoms with Crippen LogP contribution in [0.4, 0.5) is 8.78 Å². The summed E-state index contributed by atoms with van der Waals surface area (Å²) in [6, 6.07) is 7.52. The van der Waals surface area contributed by atoms with Gasteiger partial charge in [0.25, 0.3) is 0 Å². The van der Waals surface area contributed by atoms with Crippen LogP contribution < -0.4 is 4.74 Å². The van der Waals surface area contributed by atoms with E-state index in [9.17, 15) is 8.78 Å². The van der Waals surface area contributed by atoms with E-state index in [-0.39, 0.29) is 23.1 Å². The van der Waals surface area contributed by atoms with Crippen molar-refractivity contribution in [3.05, 3.63) is 58.6 Å². The molecule has 0 radical (unpaired) electrons. The summed E-state index contributed by atoms with van der Waals surface area (Å²) >= 11 is 5.91. The van der Waals surface area contributed by atoms with Crippen LogP contribution in [0.1, 0.15) is 5.56 Å². The summed E-state index contributed by atoms with van der Waals surface area (Å²) in [4.78, 5) is 0. The molecule has 2 nitrogen and oxygen atoms in total. The lowest BCUT2D eigenvalue weighted by Gasteiger charge is -2.08. The average molecular weight is 271 g/mol.